The highest BCUT2D eigenvalue weighted by Gasteiger charge is 2.22. The zero-order valence-corrected chi connectivity index (χ0v) is 16.9. The Labute approximate surface area is 160 Å². The first-order valence-corrected chi connectivity index (χ1v) is 10.1. The van der Waals surface area contributed by atoms with E-state index in [1.165, 1.54) is 20.3 Å². The number of benzene rings is 2. The van der Waals surface area contributed by atoms with E-state index in [1.807, 2.05) is 32.0 Å². The molecular weight excluding hydrogens is 368 g/mol. The Kier molecular flexibility index (Phi) is 6.32. The van der Waals surface area contributed by atoms with Crippen molar-refractivity contribution in [1.82, 2.24) is 0 Å². The van der Waals surface area contributed by atoms with E-state index in [2.05, 4.69) is 5.32 Å². The van der Waals surface area contributed by atoms with Crippen molar-refractivity contribution in [3.63, 3.8) is 0 Å². The Morgan fingerprint density at radius 1 is 1.00 bits per heavy atom. The highest BCUT2D eigenvalue weighted by Crippen LogP contribution is 2.32. The number of methoxy groups -OCH3 is 2. The van der Waals surface area contributed by atoms with Gasteiger partial charge in [0.2, 0.25) is 15.9 Å². The summed E-state index contributed by atoms with van der Waals surface area (Å²) >= 11 is 0. The van der Waals surface area contributed by atoms with Gasteiger partial charge in [-0.1, -0.05) is 6.07 Å². The third-order valence-electron chi connectivity index (χ3n) is 3.85. The van der Waals surface area contributed by atoms with Crippen molar-refractivity contribution in [2.24, 2.45) is 0 Å². The van der Waals surface area contributed by atoms with Crippen molar-refractivity contribution in [2.45, 2.75) is 13.8 Å². The van der Waals surface area contributed by atoms with E-state index in [0.717, 1.165) is 21.7 Å². The second-order valence-electron chi connectivity index (χ2n) is 6.23. The number of aryl methyl sites for hydroxylation is 2. The lowest BCUT2D eigenvalue weighted by Crippen LogP contribution is -2.37. The molecule has 2 aromatic carbocycles. The molecule has 2 aromatic rings. The van der Waals surface area contributed by atoms with E-state index in [9.17, 15) is 13.2 Å². The van der Waals surface area contributed by atoms with E-state index >= 15 is 0 Å². The lowest BCUT2D eigenvalue weighted by molar-refractivity contribution is -0.114. The first-order valence-electron chi connectivity index (χ1n) is 8.22. The number of amides is 1. The molecule has 1 amide bonds. The van der Waals surface area contributed by atoms with Crippen molar-refractivity contribution in [3.8, 4) is 11.5 Å². The molecule has 0 unspecified atom stereocenters. The number of ether oxygens (including phenoxy) is 2. The molecule has 2 rings (SSSR count). The molecule has 0 bridgehead atoms. The average molecular weight is 392 g/mol. The van der Waals surface area contributed by atoms with Gasteiger partial charge in [0.15, 0.2) is 11.5 Å². The minimum absolute atomic E-state index is 0.311. The van der Waals surface area contributed by atoms with Crippen LogP contribution in [0.1, 0.15) is 11.1 Å². The van der Waals surface area contributed by atoms with Crippen molar-refractivity contribution in [2.75, 3.05) is 36.6 Å². The fraction of sp³-hybridized carbons (Fsp3) is 0.316. The Balaban J connectivity index is 2.28. The van der Waals surface area contributed by atoms with E-state index < -0.39 is 15.9 Å². The molecule has 0 fully saturated rings. The SMILES string of the molecule is COc1ccc(N(CC(=O)Nc2cc(C)cc(C)c2)S(C)(=O)=O)cc1OC. The molecule has 0 atom stereocenters. The van der Waals surface area contributed by atoms with Gasteiger partial charge in [0.05, 0.1) is 26.2 Å². The number of sulfonamides is 1. The highest BCUT2D eigenvalue weighted by atomic mass is 32.2. The van der Waals surface area contributed by atoms with Gasteiger partial charge in [0.1, 0.15) is 6.54 Å². The number of nitrogens with one attached hydrogen (secondary N) is 1. The van der Waals surface area contributed by atoms with Crippen molar-refractivity contribution >= 4 is 27.3 Å². The summed E-state index contributed by atoms with van der Waals surface area (Å²) < 4.78 is 35.9. The predicted molar refractivity (Wildman–Crippen MR) is 106 cm³/mol. The summed E-state index contributed by atoms with van der Waals surface area (Å²) in [5.41, 5.74) is 2.94. The maximum absolute atomic E-state index is 12.5. The fourth-order valence-electron chi connectivity index (χ4n) is 2.76. The summed E-state index contributed by atoms with van der Waals surface area (Å²) in [4.78, 5) is 12.5. The Hall–Kier alpha value is -2.74. The lowest BCUT2D eigenvalue weighted by atomic mass is 10.1. The summed E-state index contributed by atoms with van der Waals surface area (Å²) in [6.07, 6.45) is 1.05. The fourth-order valence-corrected chi connectivity index (χ4v) is 3.61. The zero-order chi connectivity index (χ0) is 20.2. The molecule has 0 radical (unpaired) electrons. The number of nitrogens with zero attached hydrogens (tertiary/aromatic N) is 1. The Morgan fingerprint density at radius 3 is 2.11 bits per heavy atom. The molecule has 0 heterocycles. The van der Waals surface area contributed by atoms with Crippen LogP contribution in [0.25, 0.3) is 0 Å². The molecule has 8 heteroatoms. The summed E-state index contributed by atoms with van der Waals surface area (Å²) in [6, 6.07) is 10.3. The molecule has 27 heavy (non-hydrogen) atoms. The van der Waals surface area contributed by atoms with Gasteiger partial charge in [-0.05, 0) is 49.2 Å². The van der Waals surface area contributed by atoms with Gasteiger partial charge in [-0.2, -0.15) is 0 Å². The van der Waals surface area contributed by atoms with Gasteiger partial charge in [0.25, 0.3) is 0 Å². The van der Waals surface area contributed by atoms with E-state index in [4.69, 9.17) is 9.47 Å². The molecule has 0 aromatic heterocycles. The monoisotopic (exact) mass is 392 g/mol. The van der Waals surface area contributed by atoms with Crippen LogP contribution >= 0.6 is 0 Å². The van der Waals surface area contributed by atoms with Crippen LogP contribution in [0.2, 0.25) is 0 Å². The van der Waals surface area contributed by atoms with Gasteiger partial charge in [-0.3, -0.25) is 9.10 Å². The molecular formula is C19H24N2O5S. The summed E-state index contributed by atoms with van der Waals surface area (Å²) in [5, 5.41) is 2.75. The second-order valence-corrected chi connectivity index (χ2v) is 8.14. The minimum Gasteiger partial charge on any atom is -0.493 e. The molecule has 0 spiro atoms. The van der Waals surface area contributed by atoms with Gasteiger partial charge < -0.3 is 14.8 Å². The van der Waals surface area contributed by atoms with Gasteiger partial charge >= 0.3 is 0 Å². The normalized spacial score (nSPS) is 11.0. The molecule has 0 aliphatic heterocycles. The molecule has 0 saturated heterocycles. The molecule has 146 valence electrons. The van der Waals surface area contributed by atoms with Gasteiger partial charge in [-0.25, -0.2) is 8.42 Å². The molecule has 7 nitrogen and oxygen atoms in total. The maximum Gasteiger partial charge on any atom is 0.245 e. The van der Waals surface area contributed by atoms with Gasteiger partial charge in [0, 0.05) is 11.8 Å². The first kappa shape index (κ1) is 20.6. The molecule has 1 N–H and O–H groups in total. The van der Waals surface area contributed by atoms with E-state index in [0.29, 0.717) is 22.9 Å². The predicted octanol–water partition coefficient (Wildman–Crippen LogP) is 2.73. The van der Waals surface area contributed by atoms with Crippen molar-refractivity contribution in [1.29, 1.82) is 0 Å². The van der Waals surface area contributed by atoms with Crippen LogP contribution in [0.3, 0.4) is 0 Å². The summed E-state index contributed by atoms with van der Waals surface area (Å²) in [7, 11) is -0.743. The van der Waals surface area contributed by atoms with Crippen LogP contribution in [0.5, 0.6) is 11.5 Å². The van der Waals surface area contributed by atoms with Crippen molar-refractivity contribution < 1.29 is 22.7 Å². The minimum atomic E-state index is -3.69. The van der Waals surface area contributed by atoms with Crippen LogP contribution in [0.4, 0.5) is 11.4 Å². The highest BCUT2D eigenvalue weighted by molar-refractivity contribution is 7.92. The smallest absolute Gasteiger partial charge is 0.245 e. The molecule has 0 aliphatic rings. The summed E-state index contributed by atoms with van der Waals surface area (Å²) in [6.45, 7) is 3.49. The van der Waals surface area contributed by atoms with Crippen LogP contribution in [-0.2, 0) is 14.8 Å². The number of hydrogen-bond donors (Lipinski definition) is 1. The number of anilines is 2. The van der Waals surface area contributed by atoms with Crippen LogP contribution in [-0.4, -0.2) is 41.3 Å². The van der Waals surface area contributed by atoms with E-state index in [1.54, 1.807) is 12.1 Å². The Bertz CT molecular complexity index is 921. The zero-order valence-electron chi connectivity index (χ0n) is 16.1. The Morgan fingerprint density at radius 2 is 1.59 bits per heavy atom. The standard InChI is InChI=1S/C19H24N2O5S/c1-13-8-14(2)10-15(9-13)20-19(22)12-21(27(5,23)24)16-6-7-17(25-3)18(11-16)26-4/h6-11H,12H2,1-5H3,(H,20,22). The molecule has 0 aliphatic carbocycles. The number of hydrogen-bond acceptors (Lipinski definition) is 5. The number of rotatable bonds is 7. The van der Waals surface area contributed by atoms with E-state index in [-0.39, 0.29) is 6.54 Å². The third-order valence-corrected chi connectivity index (χ3v) is 4.99. The molecule has 0 saturated carbocycles. The lowest BCUT2D eigenvalue weighted by Gasteiger charge is -2.23. The summed E-state index contributed by atoms with van der Waals surface area (Å²) in [5.74, 6) is 0.396. The van der Waals surface area contributed by atoms with Gasteiger partial charge in [-0.15, -0.1) is 0 Å². The van der Waals surface area contributed by atoms with Crippen LogP contribution in [0.15, 0.2) is 36.4 Å². The number of carbonyl (C=O) groups excluding carboxylic acids is 1. The van der Waals surface area contributed by atoms with Crippen LogP contribution < -0.4 is 19.1 Å². The van der Waals surface area contributed by atoms with Crippen molar-refractivity contribution in [3.05, 3.63) is 47.5 Å². The first-order chi connectivity index (χ1) is 12.6. The topological polar surface area (TPSA) is 84.9 Å². The third kappa shape index (κ3) is 5.37. The average Bonchev–Trinajstić information content (AvgIpc) is 2.57. The largest absolute Gasteiger partial charge is 0.493 e. The quantitative estimate of drug-likeness (QED) is 0.783. The maximum atomic E-state index is 12.5. The number of carbonyl (C=O) groups is 1. The second kappa shape index (κ2) is 8.30. The van der Waals surface area contributed by atoms with Crippen LogP contribution in [0, 0.1) is 13.8 Å².